The van der Waals surface area contributed by atoms with Crippen molar-refractivity contribution in [3.63, 3.8) is 0 Å². The van der Waals surface area contributed by atoms with Gasteiger partial charge in [-0.1, -0.05) is 0 Å². The molecule has 0 saturated carbocycles. The molecule has 0 saturated heterocycles. The summed E-state index contributed by atoms with van der Waals surface area (Å²) in [5, 5.41) is 0. The molecule has 0 aromatic heterocycles. The summed E-state index contributed by atoms with van der Waals surface area (Å²) < 4.78 is 8.74. The normalized spacial score (nSPS) is 2.00. The first-order valence-corrected chi connectivity index (χ1v) is 1.95. The van der Waals surface area contributed by atoms with Crippen LogP contribution < -0.4 is 0 Å². The summed E-state index contributed by atoms with van der Waals surface area (Å²) in [6.07, 6.45) is 0. The Kier molecular flexibility index (Phi) is 245. The van der Waals surface area contributed by atoms with Gasteiger partial charge in [0.25, 0.3) is 0 Å². The molecule has 0 aromatic carbocycles. The molecule has 0 aromatic rings. The first kappa shape index (κ1) is 58.6. The number of rotatable bonds is 0. The van der Waals surface area contributed by atoms with E-state index in [-0.39, 0.29) is 281 Å². The van der Waals surface area contributed by atoms with Crippen LogP contribution in [0.1, 0.15) is 0 Å². The minimum atomic E-state index is -3.13. The molecule has 0 heterocycles. The standard InChI is InChI=1S/Al.Ba.Ca.K.Mg.Na.H2O3Si.Pb.Sr.15H/c;;;;;;1-4(2)3;;;;;;;;;;;;;;;;;/h;;;;;;1-2H;;;;;;;;;;;;;;;;;. The van der Waals surface area contributed by atoms with Gasteiger partial charge in [-0.2, -0.15) is 0 Å². The molecule has 0 unspecified atom stereocenters. The zero-order valence-electron chi connectivity index (χ0n) is 2.51. The van der Waals surface area contributed by atoms with E-state index in [1.165, 1.54) is 0 Å². The Labute approximate surface area is 293 Å². The van der Waals surface area contributed by atoms with E-state index < -0.39 is 9.17 Å². The molecule has 0 spiro atoms. The van der Waals surface area contributed by atoms with Gasteiger partial charge in [0.15, 0.2) is 17.4 Å². The van der Waals surface area contributed by atoms with Crippen LogP contribution in [-0.2, 0) is 4.46 Å². The second kappa shape index (κ2) is 50.3. The van der Waals surface area contributed by atoms with Crippen molar-refractivity contribution in [3.8, 4) is 0 Å². The molecule has 12 heteroatoms. The summed E-state index contributed by atoms with van der Waals surface area (Å²) in [6, 6.07) is 0. The van der Waals surface area contributed by atoms with Gasteiger partial charge in [-0.3, -0.25) is 4.46 Å². The molecule has 0 aliphatic carbocycles. The summed E-state index contributed by atoms with van der Waals surface area (Å²) >= 11 is 0. The van der Waals surface area contributed by atoms with E-state index in [2.05, 4.69) is 0 Å². The fraction of sp³-hybridized carbons (Fsp3) is 0. The molecule has 56 valence electrons. The average molecular weight is 679 g/mol. The maximum atomic E-state index is 8.74. The molecule has 0 atom stereocenters. The fourth-order valence-electron chi connectivity index (χ4n) is 0. The van der Waals surface area contributed by atoms with Gasteiger partial charge < -0.3 is 9.59 Å². The molecular formula is H17AlBaCaKMgNaO3PbSiSr. The van der Waals surface area contributed by atoms with Crippen LogP contribution in [0.3, 0.4) is 0 Å². The topological polar surface area (TPSA) is 57.5 Å². The molecule has 2 N–H and O–H groups in total. The molecular weight excluding hydrogens is 662 g/mol. The molecule has 0 aliphatic heterocycles. The van der Waals surface area contributed by atoms with E-state index >= 15 is 0 Å². The predicted molar refractivity (Wildman–Crippen MR) is 77.8 cm³/mol. The number of hydrogen-bond donors (Lipinski definition) is 2. The summed E-state index contributed by atoms with van der Waals surface area (Å²) in [5.74, 6) is 0. The van der Waals surface area contributed by atoms with E-state index in [4.69, 9.17) is 14.1 Å². The van der Waals surface area contributed by atoms with Gasteiger partial charge in [0, 0.05) is 0 Å². The summed E-state index contributed by atoms with van der Waals surface area (Å²) in [4.78, 5) is 14.3. The Morgan fingerprint density at radius 2 is 1.17 bits per heavy atom. The molecule has 12 heavy (non-hydrogen) atoms. The Balaban J connectivity index is -0.00000000161. The van der Waals surface area contributed by atoms with Crippen LogP contribution in [0, 0.1) is 0 Å². The molecule has 0 bridgehead atoms. The van der Waals surface area contributed by atoms with Gasteiger partial charge in [-0.25, -0.2) is 0 Å². The molecule has 0 rings (SSSR count). The zero-order chi connectivity index (χ0) is 3.58. The fourth-order valence-corrected chi connectivity index (χ4v) is 0. The van der Waals surface area contributed by atoms with Gasteiger partial charge >= 0.3 is 273 Å². The second-order valence-electron chi connectivity index (χ2n) is 0.283. The van der Waals surface area contributed by atoms with Gasteiger partial charge in [0.1, 0.15) is 0 Å². The first-order valence-electron chi connectivity index (χ1n) is 0.651. The van der Waals surface area contributed by atoms with Crippen molar-refractivity contribution in [1.82, 2.24) is 0 Å². The maximum absolute atomic E-state index is 8.74. The monoisotopic (exact) mass is 680 g/mol. The third-order valence-corrected chi connectivity index (χ3v) is 0. The van der Waals surface area contributed by atoms with Gasteiger partial charge in [-0.15, -0.1) is 0 Å². The Bertz CT molecular complexity index is 61.3. The first-order chi connectivity index (χ1) is 1.73. The van der Waals surface area contributed by atoms with Crippen molar-refractivity contribution < 1.29 is 14.1 Å². The van der Waals surface area contributed by atoms with Crippen molar-refractivity contribution in [3.05, 3.63) is 0 Å². The van der Waals surface area contributed by atoms with Crippen LogP contribution in [0.2, 0.25) is 0 Å². The third-order valence-electron chi connectivity index (χ3n) is 0. The molecule has 0 amide bonds. The predicted octanol–water partition coefficient (Wildman–Crippen LogP) is -8.68. The van der Waals surface area contributed by atoms with Crippen molar-refractivity contribution >= 4 is 290 Å². The molecule has 0 fully saturated rings. The minimum absolute atomic E-state index is 0. The van der Waals surface area contributed by atoms with Crippen molar-refractivity contribution in [2.24, 2.45) is 0 Å². The van der Waals surface area contributed by atoms with E-state index in [9.17, 15) is 0 Å². The van der Waals surface area contributed by atoms with Gasteiger partial charge in [0.05, 0.1) is 0 Å². The third kappa shape index (κ3) is 77.0. The van der Waals surface area contributed by atoms with Crippen molar-refractivity contribution in [1.29, 1.82) is 0 Å². The molecule has 2 radical (unpaired) electrons. The van der Waals surface area contributed by atoms with Crippen LogP contribution in [0.5, 0.6) is 0 Å². The van der Waals surface area contributed by atoms with E-state index in [0.29, 0.717) is 0 Å². The van der Waals surface area contributed by atoms with Crippen molar-refractivity contribution in [2.75, 3.05) is 0 Å². The Hall–Kier alpha value is 8.79. The van der Waals surface area contributed by atoms with Crippen molar-refractivity contribution in [2.45, 2.75) is 0 Å². The van der Waals surface area contributed by atoms with Crippen LogP contribution in [-0.4, -0.2) is 300 Å². The van der Waals surface area contributed by atoms with Crippen LogP contribution in [0.15, 0.2) is 0 Å². The van der Waals surface area contributed by atoms with Crippen LogP contribution in [0.25, 0.3) is 0 Å². The summed E-state index contributed by atoms with van der Waals surface area (Å²) in [5.41, 5.74) is 0. The average Bonchev–Trinajstić information content (AvgIpc) is 0.811. The SMILES string of the molecule is O=[Si](O)O.[AlH3].[BaH2].[CaH2].[KH].[MgH2].[NaH].[PbH2].[SrH2]. The molecule has 3 nitrogen and oxygen atoms in total. The van der Waals surface area contributed by atoms with Gasteiger partial charge in [-0.05, 0) is 0 Å². The van der Waals surface area contributed by atoms with Gasteiger partial charge in [0.2, 0.25) is 0 Å². The van der Waals surface area contributed by atoms with Crippen LogP contribution >= 0.6 is 0 Å². The second-order valence-corrected chi connectivity index (χ2v) is 0.848. The molecule has 0 aliphatic rings. The van der Waals surface area contributed by atoms with Crippen LogP contribution in [0.4, 0.5) is 0 Å². The van der Waals surface area contributed by atoms with E-state index in [0.717, 1.165) is 0 Å². The van der Waals surface area contributed by atoms with E-state index in [1.807, 2.05) is 0 Å². The summed E-state index contributed by atoms with van der Waals surface area (Å²) in [7, 11) is -3.13. The Morgan fingerprint density at radius 3 is 1.17 bits per heavy atom. The Morgan fingerprint density at radius 1 is 1.17 bits per heavy atom. The zero-order valence-corrected chi connectivity index (χ0v) is 9.01. The quantitative estimate of drug-likeness (QED) is 0.251. The van der Waals surface area contributed by atoms with E-state index in [1.54, 1.807) is 0 Å². The summed E-state index contributed by atoms with van der Waals surface area (Å²) in [6.45, 7) is 0. The number of hydrogen-bond acceptors (Lipinski definition) is 1.